The van der Waals surface area contributed by atoms with E-state index in [1.807, 2.05) is 26.0 Å². The molecule has 1 amide bonds. The van der Waals surface area contributed by atoms with Gasteiger partial charge in [0, 0.05) is 11.6 Å². The zero-order valence-electron chi connectivity index (χ0n) is 8.50. The molecule has 0 saturated heterocycles. The molecular weight excluding hydrogens is 233 g/mol. The van der Waals surface area contributed by atoms with Gasteiger partial charge >= 0.3 is 0 Å². The summed E-state index contributed by atoms with van der Waals surface area (Å²) in [5.74, 6) is -0.0781. The van der Waals surface area contributed by atoms with Crippen molar-refractivity contribution in [1.29, 1.82) is 0 Å². The Morgan fingerprint density at radius 3 is 2.60 bits per heavy atom. The van der Waals surface area contributed by atoms with Crippen LogP contribution in [0.1, 0.15) is 35.3 Å². The zero-order valence-corrected chi connectivity index (χ0v) is 10.0. The minimum Gasteiger partial charge on any atom is -0.316 e. The van der Waals surface area contributed by atoms with E-state index in [2.05, 4.69) is 0 Å². The fraction of sp³-hybridized carbons (Fsp3) is 0.364. The molecule has 0 aliphatic carbocycles. The van der Waals surface area contributed by atoms with Crippen LogP contribution in [0.5, 0.6) is 0 Å². The van der Waals surface area contributed by atoms with Gasteiger partial charge in [-0.25, -0.2) is 0 Å². The number of hydrogen-bond acceptors (Lipinski definition) is 1. The van der Waals surface area contributed by atoms with Crippen molar-refractivity contribution in [3.8, 4) is 0 Å². The number of halogens is 2. The second-order valence-electron chi connectivity index (χ2n) is 3.85. The number of benzene rings is 1. The Bertz CT molecular complexity index is 417. The predicted octanol–water partition coefficient (Wildman–Crippen LogP) is 3.44. The van der Waals surface area contributed by atoms with Crippen molar-refractivity contribution in [3.05, 3.63) is 34.3 Å². The number of amides is 1. The molecule has 1 atom stereocenters. The summed E-state index contributed by atoms with van der Waals surface area (Å²) in [6.45, 7) is 3.88. The van der Waals surface area contributed by atoms with Gasteiger partial charge in [0.25, 0.3) is 5.91 Å². The van der Waals surface area contributed by atoms with E-state index in [4.69, 9.17) is 23.2 Å². The van der Waals surface area contributed by atoms with Crippen LogP contribution in [-0.4, -0.2) is 16.8 Å². The van der Waals surface area contributed by atoms with Gasteiger partial charge in [-0.2, -0.15) is 0 Å². The van der Waals surface area contributed by atoms with Crippen LogP contribution in [0, 0.1) is 0 Å². The molecule has 0 saturated carbocycles. The molecule has 0 fully saturated rings. The van der Waals surface area contributed by atoms with E-state index < -0.39 is 5.50 Å². The first-order valence-electron chi connectivity index (χ1n) is 4.79. The lowest BCUT2D eigenvalue weighted by molar-refractivity contribution is 0.0720. The third-order valence-electron chi connectivity index (χ3n) is 2.55. The number of carbonyl (C=O) groups is 1. The van der Waals surface area contributed by atoms with E-state index >= 15 is 0 Å². The summed E-state index contributed by atoms with van der Waals surface area (Å²) in [7, 11) is 0. The van der Waals surface area contributed by atoms with Gasteiger partial charge in [0.1, 0.15) is 5.50 Å². The lowest BCUT2D eigenvalue weighted by atomic mass is 10.1. The maximum absolute atomic E-state index is 12.0. The lowest BCUT2D eigenvalue weighted by Gasteiger charge is -2.24. The lowest BCUT2D eigenvalue weighted by Crippen LogP contribution is -2.32. The van der Waals surface area contributed by atoms with Crippen LogP contribution in [0.15, 0.2) is 18.2 Å². The number of fused-ring (bicyclic) bond motifs is 1. The Labute approximate surface area is 98.8 Å². The summed E-state index contributed by atoms with van der Waals surface area (Å²) < 4.78 is 0. The highest BCUT2D eigenvalue weighted by Gasteiger charge is 2.38. The van der Waals surface area contributed by atoms with E-state index in [9.17, 15) is 4.79 Å². The molecule has 0 aromatic heterocycles. The van der Waals surface area contributed by atoms with Crippen LogP contribution in [0.2, 0.25) is 5.02 Å². The third kappa shape index (κ3) is 1.52. The Morgan fingerprint density at radius 1 is 1.40 bits per heavy atom. The minimum atomic E-state index is -0.397. The summed E-state index contributed by atoms with van der Waals surface area (Å²) in [5, 5.41) is 0.478. The molecule has 1 unspecified atom stereocenters. The Balaban J connectivity index is 2.56. The third-order valence-corrected chi connectivity index (χ3v) is 3.31. The van der Waals surface area contributed by atoms with Gasteiger partial charge < -0.3 is 4.90 Å². The summed E-state index contributed by atoms with van der Waals surface area (Å²) in [6, 6.07) is 5.45. The van der Waals surface area contributed by atoms with Gasteiger partial charge in [0.15, 0.2) is 0 Å². The first-order chi connectivity index (χ1) is 7.04. The fourth-order valence-electron chi connectivity index (χ4n) is 1.84. The van der Waals surface area contributed by atoms with Gasteiger partial charge in [0.05, 0.1) is 10.6 Å². The molecule has 2 nitrogen and oxygen atoms in total. The summed E-state index contributed by atoms with van der Waals surface area (Å²) in [5.41, 5.74) is 0.960. The molecule has 1 aromatic carbocycles. The number of nitrogens with zero attached hydrogens (tertiary/aromatic N) is 1. The minimum absolute atomic E-state index is 0.0727. The number of alkyl halides is 1. The Kier molecular flexibility index (Phi) is 2.65. The van der Waals surface area contributed by atoms with Crippen LogP contribution in [0.4, 0.5) is 0 Å². The Hall–Kier alpha value is -0.730. The van der Waals surface area contributed by atoms with Gasteiger partial charge in [-0.1, -0.05) is 35.3 Å². The molecular formula is C11H11Cl2NO. The Morgan fingerprint density at radius 2 is 2.07 bits per heavy atom. The van der Waals surface area contributed by atoms with E-state index in [0.29, 0.717) is 10.6 Å². The second-order valence-corrected chi connectivity index (χ2v) is 4.67. The SMILES string of the molecule is CC(C)N1C(=O)c2c(Cl)cccc2C1Cl. The molecule has 15 heavy (non-hydrogen) atoms. The normalized spacial score (nSPS) is 19.9. The smallest absolute Gasteiger partial charge is 0.257 e. The van der Waals surface area contributed by atoms with Crippen molar-refractivity contribution in [2.45, 2.75) is 25.4 Å². The second kappa shape index (κ2) is 3.69. The van der Waals surface area contributed by atoms with Crippen LogP contribution in [-0.2, 0) is 0 Å². The average molecular weight is 244 g/mol. The highest BCUT2D eigenvalue weighted by molar-refractivity contribution is 6.35. The average Bonchev–Trinajstić information content (AvgIpc) is 2.40. The topological polar surface area (TPSA) is 20.3 Å². The summed E-state index contributed by atoms with van der Waals surface area (Å²) in [6.07, 6.45) is 0. The molecule has 0 radical (unpaired) electrons. The standard InChI is InChI=1S/C11H11Cl2NO/c1-6(2)14-10(13)7-4-3-5-8(12)9(7)11(14)15/h3-6,10H,1-2H3. The molecule has 1 aliphatic heterocycles. The summed E-state index contributed by atoms with van der Waals surface area (Å²) >= 11 is 12.2. The van der Waals surface area contributed by atoms with Gasteiger partial charge in [0.2, 0.25) is 0 Å². The zero-order chi connectivity index (χ0) is 11.2. The predicted molar refractivity (Wildman–Crippen MR) is 61.4 cm³/mol. The van der Waals surface area contributed by atoms with Crippen molar-refractivity contribution in [2.75, 3.05) is 0 Å². The molecule has 0 bridgehead atoms. The highest BCUT2D eigenvalue weighted by atomic mass is 35.5. The monoisotopic (exact) mass is 243 g/mol. The fourth-order valence-corrected chi connectivity index (χ4v) is 2.60. The van der Waals surface area contributed by atoms with E-state index in [-0.39, 0.29) is 11.9 Å². The van der Waals surface area contributed by atoms with Crippen molar-refractivity contribution in [2.24, 2.45) is 0 Å². The maximum Gasteiger partial charge on any atom is 0.257 e. The van der Waals surface area contributed by atoms with Gasteiger partial charge in [-0.05, 0) is 19.9 Å². The summed E-state index contributed by atoms with van der Waals surface area (Å²) in [4.78, 5) is 13.7. The molecule has 1 heterocycles. The molecule has 4 heteroatoms. The number of hydrogen-bond donors (Lipinski definition) is 0. The number of carbonyl (C=O) groups excluding carboxylic acids is 1. The highest BCUT2D eigenvalue weighted by Crippen LogP contribution is 2.40. The molecule has 1 aliphatic rings. The van der Waals surface area contributed by atoms with Crippen LogP contribution >= 0.6 is 23.2 Å². The largest absolute Gasteiger partial charge is 0.316 e. The first-order valence-corrected chi connectivity index (χ1v) is 5.60. The van der Waals surface area contributed by atoms with Crippen LogP contribution < -0.4 is 0 Å². The van der Waals surface area contributed by atoms with E-state index in [0.717, 1.165) is 5.56 Å². The van der Waals surface area contributed by atoms with E-state index in [1.165, 1.54) is 0 Å². The number of rotatable bonds is 1. The molecule has 0 spiro atoms. The molecule has 0 N–H and O–H groups in total. The van der Waals surface area contributed by atoms with Crippen molar-refractivity contribution < 1.29 is 4.79 Å². The van der Waals surface area contributed by atoms with Crippen molar-refractivity contribution in [1.82, 2.24) is 4.90 Å². The first kappa shape index (κ1) is 10.8. The van der Waals surface area contributed by atoms with Gasteiger partial charge in [-0.3, -0.25) is 4.79 Å². The van der Waals surface area contributed by atoms with Crippen LogP contribution in [0.3, 0.4) is 0 Å². The van der Waals surface area contributed by atoms with E-state index in [1.54, 1.807) is 11.0 Å². The molecule has 1 aromatic rings. The van der Waals surface area contributed by atoms with Crippen molar-refractivity contribution >= 4 is 29.1 Å². The van der Waals surface area contributed by atoms with Gasteiger partial charge in [-0.15, -0.1) is 0 Å². The maximum atomic E-state index is 12.0. The molecule has 2 rings (SSSR count). The quantitative estimate of drug-likeness (QED) is 0.547. The van der Waals surface area contributed by atoms with Crippen molar-refractivity contribution in [3.63, 3.8) is 0 Å². The molecule has 80 valence electrons. The van der Waals surface area contributed by atoms with Crippen LogP contribution in [0.25, 0.3) is 0 Å².